The monoisotopic (exact) mass is 380 g/mol. The van der Waals surface area contributed by atoms with E-state index < -0.39 is 5.97 Å². The zero-order valence-electron chi connectivity index (χ0n) is 6.46. The van der Waals surface area contributed by atoms with Gasteiger partial charge in [-0.3, -0.25) is 0 Å². The van der Waals surface area contributed by atoms with Gasteiger partial charge in [0.2, 0.25) is 0 Å². The van der Waals surface area contributed by atoms with Crippen LogP contribution >= 0.6 is 11.6 Å². The van der Waals surface area contributed by atoms with Crippen LogP contribution in [0.2, 0.25) is 0 Å². The van der Waals surface area contributed by atoms with E-state index in [0.717, 1.165) is 0 Å². The van der Waals surface area contributed by atoms with E-state index in [1.54, 1.807) is 24.3 Å². The number of carboxylic acids is 1. The maximum absolute atomic E-state index is 10.5. The number of carboxylic acid groups (broad SMARTS) is 1. The van der Waals surface area contributed by atoms with Gasteiger partial charge in [-0.2, -0.15) is 0 Å². The average molecular weight is 380 g/mol. The van der Waals surface area contributed by atoms with E-state index in [-0.39, 0.29) is 38.7 Å². The van der Waals surface area contributed by atoms with Gasteiger partial charge in [-0.05, 0) is 11.6 Å². The van der Waals surface area contributed by atoms with Crippen molar-refractivity contribution in [2.45, 2.75) is 5.88 Å². The van der Waals surface area contributed by atoms with Gasteiger partial charge >= 0.3 is 33.3 Å². The molecule has 0 aliphatic rings. The van der Waals surface area contributed by atoms with Gasteiger partial charge in [0.25, 0.3) is 0 Å². The van der Waals surface area contributed by atoms with Gasteiger partial charge in [0.05, 0.1) is 5.56 Å². The van der Waals surface area contributed by atoms with Crippen molar-refractivity contribution in [3.05, 3.63) is 35.4 Å². The minimum absolute atomic E-state index is 0. The van der Waals surface area contributed by atoms with Gasteiger partial charge in [-0.15, -0.1) is 11.6 Å². The first-order valence-electron chi connectivity index (χ1n) is 3.13. The Labute approximate surface area is 95.7 Å². The summed E-state index contributed by atoms with van der Waals surface area (Å²) < 4.78 is 0. The molecule has 0 spiro atoms. The molecule has 4 heteroatoms. The molecule has 1 aromatic carbocycles. The standard InChI is InChI=1S/C8H7ClO2.Pb.2H/c9-5-6-3-1-2-4-7(6)8(10)11;;;/h1-4H,5H2,(H,10,11);;;. The minimum atomic E-state index is -0.929. The summed E-state index contributed by atoms with van der Waals surface area (Å²) in [4.78, 5) is 10.5. The van der Waals surface area contributed by atoms with E-state index in [0.29, 0.717) is 5.56 Å². The first kappa shape index (κ1) is 11.9. The van der Waals surface area contributed by atoms with Gasteiger partial charge < -0.3 is 5.11 Å². The molecule has 0 aliphatic carbocycles. The van der Waals surface area contributed by atoms with Crippen LogP contribution in [0.5, 0.6) is 0 Å². The second-order valence-corrected chi connectivity index (χ2v) is 2.36. The topological polar surface area (TPSA) is 37.3 Å². The van der Waals surface area contributed by atoms with Crippen LogP contribution in [-0.4, -0.2) is 38.4 Å². The third kappa shape index (κ3) is 2.75. The molecular formula is C8H9ClO2Pb. The number of hydrogen-bond acceptors (Lipinski definition) is 1. The molecule has 1 aromatic rings. The van der Waals surface area contributed by atoms with Crippen LogP contribution in [0.15, 0.2) is 24.3 Å². The Balaban J connectivity index is 0.00000121. The first-order chi connectivity index (χ1) is 5.25. The Morgan fingerprint density at radius 3 is 2.42 bits per heavy atom. The maximum atomic E-state index is 10.5. The van der Waals surface area contributed by atoms with Crippen LogP contribution in [0.4, 0.5) is 0 Å². The molecule has 64 valence electrons. The summed E-state index contributed by atoms with van der Waals surface area (Å²) in [5.41, 5.74) is 0.934. The molecule has 0 unspecified atom stereocenters. The SMILES string of the molecule is O=C(O)c1ccccc1CCl.[PbH2]. The molecular weight excluding hydrogens is 371 g/mol. The third-order valence-electron chi connectivity index (χ3n) is 1.39. The van der Waals surface area contributed by atoms with Crippen molar-refractivity contribution in [1.29, 1.82) is 0 Å². The molecule has 0 atom stereocenters. The Morgan fingerprint density at radius 1 is 1.42 bits per heavy atom. The quantitative estimate of drug-likeness (QED) is 0.619. The fourth-order valence-corrected chi connectivity index (χ4v) is 1.08. The molecule has 0 fully saturated rings. The predicted molar refractivity (Wildman–Crippen MR) is 51.5 cm³/mol. The Morgan fingerprint density at radius 2 is 2.00 bits per heavy atom. The zero-order valence-corrected chi connectivity index (χ0v) is 12.7. The van der Waals surface area contributed by atoms with E-state index in [9.17, 15) is 4.79 Å². The summed E-state index contributed by atoms with van der Waals surface area (Å²) in [6, 6.07) is 6.69. The van der Waals surface area contributed by atoms with E-state index in [1.807, 2.05) is 0 Å². The normalized spacial score (nSPS) is 8.75. The fraction of sp³-hybridized carbons (Fsp3) is 0.125. The van der Waals surface area contributed by atoms with Crippen LogP contribution in [-0.2, 0) is 5.88 Å². The van der Waals surface area contributed by atoms with Crippen LogP contribution in [0.3, 0.4) is 0 Å². The second-order valence-electron chi connectivity index (χ2n) is 2.10. The van der Waals surface area contributed by atoms with Crippen LogP contribution in [0.1, 0.15) is 15.9 Å². The molecule has 0 saturated heterocycles. The number of carbonyl (C=O) groups is 1. The molecule has 0 saturated carbocycles. The Kier molecular flexibility index (Phi) is 5.49. The van der Waals surface area contributed by atoms with Crippen molar-refractivity contribution >= 4 is 44.9 Å². The molecule has 0 heterocycles. The molecule has 12 heavy (non-hydrogen) atoms. The Bertz CT molecular complexity index is 276. The van der Waals surface area contributed by atoms with Crippen LogP contribution < -0.4 is 0 Å². The summed E-state index contributed by atoms with van der Waals surface area (Å²) in [6.45, 7) is 0. The van der Waals surface area contributed by atoms with Gasteiger partial charge in [0, 0.05) is 5.88 Å². The van der Waals surface area contributed by atoms with E-state index in [4.69, 9.17) is 16.7 Å². The molecule has 1 N–H and O–H groups in total. The zero-order chi connectivity index (χ0) is 8.27. The summed E-state index contributed by atoms with van der Waals surface area (Å²) in [6.07, 6.45) is 0. The van der Waals surface area contributed by atoms with Gasteiger partial charge in [-0.25, -0.2) is 4.79 Å². The van der Waals surface area contributed by atoms with Crippen LogP contribution in [0, 0.1) is 0 Å². The molecule has 0 amide bonds. The molecule has 0 bridgehead atoms. The third-order valence-corrected chi connectivity index (χ3v) is 1.68. The fourth-order valence-electron chi connectivity index (χ4n) is 0.845. The Hall–Kier alpha value is -0.0979. The summed E-state index contributed by atoms with van der Waals surface area (Å²) in [7, 11) is 0. The number of benzene rings is 1. The van der Waals surface area contributed by atoms with Crippen molar-refractivity contribution in [3.8, 4) is 0 Å². The second kappa shape index (κ2) is 5.53. The molecule has 1 rings (SSSR count). The van der Waals surface area contributed by atoms with Gasteiger partial charge in [-0.1, -0.05) is 18.2 Å². The number of aromatic carboxylic acids is 1. The summed E-state index contributed by atoms with van der Waals surface area (Å²) in [5.74, 6) is -0.691. The van der Waals surface area contributed by atoms with Crippen LogP contribution in [0.25, 0.3) is 0 Å². The van der Waals surface area contributed by atoms with Crippen molar-refractivity contribution in [2.24, 2.45) is 0 Å². The first-order valence-corrected chi connectivity index (χ1v) is 3.66. The number of hydrogen-bond donors (Lipinski definition) is 1. The van der Waals surface area contributed by atoms with Crippen molar-refractivity contribution in [1.82, 2.24) is 0 Å². The van der Waals surface area contributed by atoms with Crippen molar-refractivity contribution in [3.63, 3.8) is 0 Å². The predicted octanol–water partition coefficient (Wildman–Crippen LogP) is 1.21. The number of rotatable bonds is 2. The molecule has 0 aromatic heterocycles. The van der Waals surface area contributed by atoms with E-state index >= 15 is 0 Å². The van der Waals surface area contributed by atoms with Gasteiger partial charge in [0.15, 0.2) is 0 Å². The number of alkyl halides is 1. The van der Waals surface area contributed by atoms with Crippen molar-refractivity contribution in [2.75, 3.05) is 0 Å². The molecule has 2 nitrogen and oxygen atoms in total. The average Bonchev–Trinajstić information content (AvgIpc) is 2.04. The number of halogens is 1. The summed E-state index contributed by atoms with van der Waals surface area (Å²) in [5, 5.41) is 8.64. The molecule has 0 aliphatic heterocycles. The summed E-state index contributed by atoms with van der Waals surface area (Å²) >= 11 is 5.51. The van der Waals surface area contributed by atoms with E-state index in [2.05, 4.69) is 0 Å². The van der Waals surface area contributed by atoms with Gasteiger partial charge in [0.1, 0.15) is 0 Å². The van der Waals surface area contributed by atoms with E-state index in [1.165, 1.54) is 0 Å². The molecule has 2 radical (unpaired) electrons. The van der Waals surface area contributed by atoms with Crippen molar-refractivity contribution < 1.29 is 9.90 Å².